The standard InChI is InChI=1S/C10H17N3O2/c1-4-15-7(2)10-12-8(6-11-3)5-9(14)13-10/h5,7,11H,4,6H2,1-3H3,(H,12,13,14). The predicted molar refractivity (Wildman–Crippen MR) is 57.7 cm³/mol. The molecule has 1 heterocycles. The molecule has 0 aliphatic carbocycles. The quantitative estimate of drug-likeness (QED) is 0.748. The Morgan fingerprint density at radius 1 is 1.67 bits per heavy atom. The summed E-state index contributed by atoms with van der Waals surface area (Å²) in [5.74, 6) is 0.578. The number of rotatable bonds is 5. The van der Waals surface area contributed by atoms with Crippen molar-refractivity contribution in [1.29, 1.82) is 0 Å². The highest BCUT2D eigenvalue weighted by molar-refractivity contribution is 5.03. The van der Waals surface area contributed by atoms with Crippen LogP contribution in [0.2, 0.25) is 0 Å². The molecule has 1 aromatic rings. The van der Waals surface area contributed by atoms with Crippen LogP contribution >= 0.6 is 0 Å². The zero-order valence-electron chi connectivity index (χ0n) is 9.33. The zero-order valence-corrected chi connectivity index (χ0v) is 9.33. The van der Waals surface area contributed by atoms with E-state index in [9.17, 15) is 4.79 Å². The Morgan fingerprint density at radius 2 is 2.40 bits per heavy atom. The SMILES string of the molecule is CCOC(C)c1nc(CNC)cc(=O)[nH]1. The third-order valence-electron chi connectivity index (χ3n) is 1.97. The molecule has 0 aromatic carbocycles. The largest absolute Gasteiger partial charge is 0.371 e. The number of aromatic amines is 1. The van der Waals surface area contributed by atoms with E-state index in [1.54, 1.807) is 0 Å². The second-order valence-electron chi connectivity index (χ2n) is 3.25. The van der Waals surface area contributed by atoms with Crippen molar-refractivity contribution in [2.75, 3.05) is 13.7 Å². The van der Waals surface area contributed by atoms with Gasteiger partial charge in [-0.1, -0.05) is 0 Å². The minimum absolute atomic E-state index is 0.142. The lowest BCUT2D eigenvalue weighted by molar-refractivity contribution is 0.0697. The minimum Gasteiger partial charge on any atom is -0.371 e. The van der Waals surface area contributed by atoms with E-state index >= 15 is 0 Å². The molecule has 5 heteroatoms. The summed E-state index contributed by atoms with van der Waals surface area (Å²) in [4.78, 5) is 18.3. The molecular formula is C10H17N3O2. The number of aromatic nitrogens is 2. The Hall–Kier alpha value is -1.20. The highest BCUT2D eigenvalue weighted by atomic mass is 16.5. The van der Waals surface area contributed by atoms with Crippen molar-refractivity contribution < 1.29 is 4.74 Å². The van der Waals surface area contributed by atoms with Gasteiger partial charge in [0.1, 0.15) is 11.9 Å². The lowest BCUT2D eigenvalue weighted by Crippen LogP contribution is -2.18. The van der Waals surface area contributed by atoms with Gasteiger partial charge in [0, 0.05) is 19.2 Å². The second kappa shape index (κ2) is 5.63. The first-order chi connectivity index (χ1) is 7.17. The molecule has 0 amide bonds. The first-order valence-corrected chi connectivity index (χ1v) is 5.03. The van der Waals surface area contributed by atoms with Gasteiger partial charge >= 0.3 is 0 Å². The van der Waals surface area contributed by atoms with Crippen LogP contribution in [0.4, 0.5) is 0 Å². The number of ether oxygens (including phenoxy) is 1. The van der Waals surface area contributed by atoms with Gasteiger partial charge in [-0.3, -0.25) is 4.79 Å². The summed E-state index contributed by atoms with van der Waals surface area (Å²) < 4.78 is 5.36. The molecule has 2 N–H and O–H groups in total. The summed E-state index contributed by atoms with van der Waals surface area (Å²) in [6.07, 6.45) is -0.181. The summed E-state index contributed by atoms with van der Waals surface area (Å²) in [6, 6.07) is 1.48. The summed E-state index contributed by atoms with van der Waals surface area (Å²) in [5.41, 5.74) is 0.583. The maximum atomic E-state index is 11.3. The van der Waals surface area contributed by atoms with Crippen molar-refractivity contribution >= 4 is 0 Å². The number of nitrogens with zero attached hydrogens (tertiary/aromatic N) is 1. The number of nitrogens with one attached hydrogen (secondary N) is 2. The Labute approximate surface area is 88.9 Å². The van der Waals surface area contributed by atoms with Gasteiger partial charge in [0.25, 0.3) is 5.56 Å². The molecule has 1 atom stereocenters. The molecule has 0 aliphatic rings. The molecule has 1 unspecified atom stereocenters. The van der Waals surface area contributed by atoms with E-state index in [4.69, 9.17) is 4.74 Å². The lowest BCUT2D eigenvalue weighted by atomic mass is 10.3. The molecule has 0 radical (unpaired) electrons. The number of hydrogen-bond donors (Lipinski definition) is 2. The fourth-order valence-electron chi connectivity index (χ4n) is 1.32. The molecule has 0 bridgehead atoms. The van der Waals surface area contributed by atoms with Gasteiger partial charge < -0.3 is 15.0 Å². The average Bonchev–Trinajstić information content (AvgIpc) is 2.17. The average molecular weight is 211 g/mol. The summed E-state index contributed by atoms with van der Waals surface area (Å²) >= 11 is 0. The van der Waals surface area contributed by atoms with Crippen molar-refractivity contribution in [2.45, 2.75) is 26.5 Å². The highest BCUT2D eigenvalue weighted by Crippen LogP contribution is 2.09. The van der Waals surface area contributed by atoms with Crippen LogP contribution in [-0.2, 0) is 11.3 Å². The van der Waals surface area contributed by atoms with Crippen molar-refractivity contribution in [3.63, 3.8) is 0 Å². The van der Waals surface area contributed by atoms with Crippen LogP contribution in [0, 0.1) is 0 Å². The maximum absolute atomic E-state index is 11.3. The molecule has 0 fully saturated rings. The summed E-state index contributed by atoms with van der Waals surface area (Å²) in [5, 5.41) is 2.95. The van der Waals surface area contributed by atoms with E-state index in [1.807, 2.05) is 20.9 Å². The maximum Gasteiger partial charge on any atom is 0.251 e. The lowest BCUT2D eigenvalue weighted by Gasteiger charge is -2.11. The Morgan fingerprint density at radius 3 is 3.00 bits per heavy atom. The summed E-state index contributed by atoms with van der Waals surface area (Å²) in [6.45, 7) is 4.95. The van der Waals surface area contributed by atoms with E-state index in [1.165, 1.54) is 6.07 Å². The Balaban J connectivity index is 2.92. The van der Waals surface area contributed by atoms with Gasteiger partial charge in [-0.2, -0.15) is 0 Å². The van der Waals surface area contributed by atoms with Gasteiger partial charge in [-0.25, -0.2) is 4.98 Å². The van der Waals surface area contributed by atoms with E-state index in [-0.39, 0.29) is 11.7 Å². The van der Waals surface area contributed by atoms with Crippen molar-refractivity contribution in [3.05, 3.63) is 27.9 Å². The topological polar surface area (TPSA) is 67.0 Å². The van der Waals surface area contributed by atoms with Crippen LogP contribution in [-0.4, -0.2) is 23.6 Å². The van der Waals surface area contributed by atoms with Crippen LogP contribution in [0.15, 0.2) is 10.9 Å². The van der Waals surface area contributed by atoms with Crippen LogP contribution in [0.5, 0.6) is 0 Å². The summed E-state index contributed by atoms with van der Waals surface area (Å²) in [7, 11) is 1.81. The fraction of sp³-hybridized carbons (Fsp3) is 0.600. The van der Waals surface area contributed by atoms with E-state index in [0.717, 1.165) is 5.69 Å². The van der Waals surface area contributed by atoms with Crippen molar-refractivity contribution in [1.82, 2.24) is 15.3 Å². The van der Waals surface area contributed by atoms with Gasteiger partial charge in [-0.15, -0.1) is 0 Å². The smallest absolute Gasteiger partial charge is 0.251 e. The van der Waals surface area contributed by atoms with Crippen LogP contribution in [0.1, 0.15) is 31.5 Å². The highest BCUT2D eigenvalue weighted by Gasteiger charge is 2.08. The minimum atomic E-state index is -0.181. The first-order valence-electron chi connectivity index (χ1n) is 5.03. The number of hydrogen-bond acceptors (Lipinski definition) is 4. The predicted octanol–water partition coefficient (Wildman–Crippen LogP) is 0.587. The fourth-order valence-corrected chi connectivity index (χ4v) is 1.32. The molecule has 1 aromatic heterocycles. The van der Waals surface area contributed by atoms with E-state index in [0.29, 0.717) is 19.0 Å². The zero-order chi connectivity index (χ0) is 11.3. The van der Waals surface area contributed by atoms with E-state index < -0.39 is 0 Å². The molecule has 0 aliphatic heterocycles. The molecule has 84 valence electrons. The Kier molecular flexibility index (Phi) is 4.45. The first kappa shape index (κ1) is 11.9. The number of H-pyrrole nitrogens is 1. The van der Waals surface area contributed by atoms with E-state index in [2.05, 4.69) is 15.3 Å². The second-order valence-corrected chi connectivity index (χ2v) is 3.25. The monoisotopic (exact) mass is 211 g/mol. The van der Waals surface area contributed by atoms with Gasteiger partial charge in [0.2, 0.25) is 0 Å². The van der Waals surface area contributed by atoms with Crippen LogP contribution in [0.25, 0.3) is 0 Å². The van der Waals surface area contributed by atoms with Crippen LogP contribution in [0.3, 0.4) is 0 Å². The Bertz CT molecular complexity index is 362. The normalized spacial score (nSPS) is 12.7. The molecule has 0 spiro atoms. The third-order valence-corrected chi connectivity index (χ3v) is 1.97. The van der Waals surface area contributed by atoms with Crippen molar-refractivity contribution in [3.8, 4) is 0 Å². The molecule has 0 saturated carbocycles. The van der Waals surface area contributed by atoms with Gasteiger partial charge in [0.15, 0.2) is 0 Å². The molecule has 0 saturated heterocycles. The van der Waals surface area contributed by atoms with Gasteiger partial charge in [-0.05, 0) is 20.9 Å². The molecule has 5 nitrogen and oxygen atoms in total. The van der Waals surface area contributed by atoms with Gasteiger partial charge in [0.05, 0.1) is 5.69 Å². The molecular weight excluding hydrogens is 194 g/mol. The van der Waals surface area contributed by atoms with Crippen LogP contribution < -0.4 is 10.9 Å². The third kappa shape index (κ3) is 3.45. The molecule has 15 heavy (non-hydrogen) atoms. The molecule has 1 rings (SSSR count). The van der Waals surface area contributed by atoms with Crippen molar-refractivity contribution in [2.24, 2.45) is 0 Å².